The molecule has 0 bridgehead atoms. The van der Waals surface area contributed by atoms with Crippen LogP contribution in [0.2, 0.25) is 0 Å². The van der Waals surface area contributed by atoms with Crippen LogP contribution in [-0.2, 0) is 0 Å². The van der Waals surface area contributed by atoms with Gasteiger partial charge in [-0.1, -0.05) is 140 Å². The van der Waals surface area contributed by atoms with Gasteiger partial charge in [0.2, 0.25) is 0 Å². The summed E-state index contributed by atoms with van der Waals surface area (Å²) < 4.78 is 15.4. The molecule has 348 valence electrons. The van der Waals surface area contributed by atoms with Crippen molar-refractivity contribution in [1.29, 1.82) is 0 Å². The largest absolute Gasteiger partial charge is 0.456 e. The van der Waals surface area contributed by atoms with Crippen molar-refractivity contribution in [3.8, 4) is 23.0 Å². The van der Waals surface area contributed by atoms with Crippen LogP contribution in [-0.4, -0.2) is 13.4 Å². The van der Waals surface area contributed by atoms with Gasteiger partial charge in [0, 0.05) is 34.1 Å². The molecule has 0 atom stereocenters. The van der Waals surface area contributed by atoms with Crippen molar-refractivity contribution >= 4 is 132 Å². The fourth-order valence-corrected chi connectivity index (χ4v) is 13.2. The molecule has 7 nitrogen and oxygen atoms in total. The van der Waals surface area contributed by atoms with E-state index in [0.717, 1.165) is 130 Å². The van der Waals surface area contributed by atoms with Crippen LogP contribution in [0.5, 0.6) is 23.0 Å². The van der Waals surface area contributed by atoms with Crippen LogP contribution < -0.4 is 66.8 Å². The highest BCUT2D eigenvalue weighted by Gasteiger charge is 2.52. The molecule has 0 saturated carbocycles. The van der Waals surface area contributed by atoms with E-state index in [9.17, 15) is 0 Å². The lowest BCUT2D eigenvalue weighted by Gasteiger charge is -2.48. The summed E-state index contributed by atoms with van der Waals surface area (Å²) in [6, 6.07) is 89.8. The molecule has 0 amide bonds. The molecule has 75 heavy (non-hydrogen) atoms. The van der Waals surface area contributed by atoms with E-state index in [-0.39, 0.29) is 13.4 Å². The lowest BCUT2D eigenvalue weighted by atomic mass is 9.30. The highest BCUT2D eigenvalue weighted by Crippen LogP contribution is 2.60. The molecule has 0 N–H and O–H groups in total. The summed E-state index contributed by atoms with van der Waals surface area (Å²) >= 11 is 0. The Bertz CT molecular complexity index is 3930. The molecule has 6 aliphatic rings. The van der Waals surface area contributed by atoms with Crippen molar-refractivity contribution in [3.63, 3.8) is 0 Å². The van der Waals surface area contributed by atoms with E-state index in [1.165, 1.54) is 10.9 Å². The van der Waals surface area contributed by atoms with E-state index < -0.39 is 0 Å². The fraction of sp³-hybridized carbons (Fsp3) is 0. The smallest absolute Gasteiger partial charge is 0.256 e. The first-order valence-corrected chi connectivity index (χ1v) is 25.8. The molecular weight excluding hydrogens is 916 g/mol. The topological polar surface area (TPSA) is 34.7 Å². The molecule has 0 fully saturated rings. The third-order valence-electron chi connectivity index (χ3n) is 16.1. The van der Waals surface area contributed by atoms with Gasteiger partial charge in [0.25, 0.3) is 13.4 Å². The van der Waals surface area contributed by atoms with Gasteiger partial charge in [0.1, 0.15) is 17.2 Å². The molecule has 0 aromatic heterocycles. The zero-order valence-electron chi connectivity index (χ0n) is 40.4. The van der Waals surface area contributed by atoms with Gasteiger partial charge in [-0.15, -0.1) is 0 Å². The normalized spacial score (nSPS) is 13.9. The maximum Gasteiger partial charge on any atom is 0.256 e. The van der Waals surface area contributed by atoms with E-state index >= 15 is 0 Å². The van der Waals surface area contributed by atoms with Crippen LogP contribution in [0.25, 0.3) is 0 Å². The number of hydrogen-bond acceptors (Lipinski definition) is 7. The highest BCUT2D eigenvalue weighted by atomic mass is 16.5. The third kappa shape index (κ3) is 5.51. The first-order chi connectivity index (χ1) is 37.3. The SMILES string of the molecule is c1ccc(N2c3ccccc3N3c4ccccc4B4c5cc6c(c(N(c7ccccc7)c7ccccc7)c5Oc5ccc2c3c54)Oc2ccc3c4c2B6c2ccccc2N4c2ccccc2N3c2ccccc2)cc1. The molecule has 6 aliphatic heterocycles. The molecule has 11 aromatic rings. The molecule has 11 aromatic carbocycles. The maximum absolute atomic E-state index is 7.71. The van der Waals surface area contributed by atoms with E-state index in [1.807, 2.05) is 0 Å². The Balaban J connectivity index is 0.984. The van der Waals surface area contributed by atoms with E-state index in [0.29, 0.717) is 0 Å². The van der Waals surface area contributed by atoms with Crippen molar-refractivity contribution in [2.75, 3.05) is 24.5 Å². The predicted molar refractivity (Wildman–Crippen MR) is 309 cm³/mol. The Hall–Kier alpha value is -9.85. The third-order valence-corrected chi connectivity index (χ3v) is 16.1. The van der Waals surface area contributed by atoms with Crippen molar-refractivity contribution in [1.82, 2.24) is 0 Å². The number of para-hydroxylation sites is 10. The summed E-state index contributed by atoms with van der Waals surface area (Å²) in [7, 11) is 0. The van der Waals surface area contributed by atoms with Gasteiger partial charge in [-0.05, 0) is 142 Å². The number of anilines is 15. The second-order valence-corrected chi connectivity index (χ2v) is 19.9. The zero-order valence-corrected chi connectivity index (χ0v) is 40.4. The predicted octanol–water partition coefficient (Wildman–Crippen LogP) is 13.5. The van der Waals surface area contributed by atoms with Gasteiger partial charge in [-0.25, -0.2) is 0 Å². The minimum absolute atomic E-state index is 0.214. The van der Waals surface area contributed by atoms with Gasteiger partial charge in [0.05, 0.1) is 45.5 Å². The zero-order chi connectivity index (χ0) is 48.9. The second kappa shape index (κ2) is 15.3. The molecule has 0 unspecified atom stereocenters. The van der Waals surface area contributed by atoms with Crippen molar-refractivity contribution in [2.45, 2.75) is 0 Å². The fourth-order valence-electron chi connectivity index (χ4n) is 13.2. The molecule has 0 aliphatic carbocycles. The van der Waals surface area contributed by atoms with Crippen LogP contribution in [0.1, 0.15) is 0 Å². The summed E-state index contributed by atoms with van der Waals surface area (Å²) in [5.74, 6) is 3.19. The number of fused-ring (bicyclic) bond motifs is 14. The quantitative estimate of drug-likeness (QED) is 0.159. The number of rotatable bonds is 5. The average molecular weight is 958 g/mol. The highest BCUT2D eigenvalue weighted by molar-refractivity contribution is 7.02. The number of nitrogens with zero attached hydrogens (tertiary/aromatic N) is 5. The minimum Gasteiger partial charge on any atom is -0.456 e. The summed E-state index contributed by atoms with van der Waals surface area (Å²) in [6.07, 6.45) is 0. The Morgan fingerprint density at radius 3 is 1.05 bits per heavy atom. The standard InChI is InChI=1S/C66H41B2N5O2/c1-5-21-42(22-6-1)69(43-23-7-2-8-24-43)64-65-48(67-46-29-13-15-31-50(46)72-54-35-19-17-33-52(54)70(44-25-9-3-10-26-44)56-37-39-58(74-65)60(67)62(56)72)41-49-66(64)75-59-40-38-57-63-61(59)68(49)47-30-14-16-32-51(47)73(63)55-36-20-18-34-53(55)71(57)45-27-11-4-12-28-45/h1-41H. The van der Waals surface area contributed by atoms with Crippen molar-refractivity contribution < 1.29 is 9.47 Å². The lowest BCUT2D eigenvalue weighted by molar-refractivity contribution is 0.468. The van der Waals surface area contributed by atoms with Crippen LogP contribution in [0.3, 0.4) is 0 Å². The van der Waals surface area contributed by atoms with Crippen molar-refractivity contribution in [2.24, 2.45) is 0 Å². The summed E-state index contributed by atoms with van der Waals surface area (Å²) in [6.45, 7) is -0.429. The van der Waals surface area contributed by atoms with E-state index in [2.05, 4.69) is 273 Å². The Morgan fingerprint density at radius 2 is 0.640 bits per heavy atom. The monoisotopic (exact) mass is 957 g/mol. The van der Waals surface area contributed by atoms with Crippen LogP contribution in [0.4, 0.5) is 85.3 Å². The number of benzene rings is 11. The lowest BCUT2D eigenvalue weighted by Crippen LogP contribution is -2.64. The molecule has 0 radical (unpaired) electrons. The molecular formula is C66H41B2N5O2. The van der Waals surface area contributed by atoms with E-state index in [4.69, 9.17) is 9.47 Å². The Kier molecular flexibility index (Phi) is 8.33. The Labute approximate surface area is 435 Å². The molecule has 9 heteroatoms. The summed E-state index contributed by atoms with van der Waals surface area (Å²) in [5, 5.41) is 0. The van der Waals surface area contributed by atoms with Gasteiger partial charge in [-0.3, -0.25) is 0 Å². The second-order valence-electron chi connectivity index (χ2n) is 19.9. The first kappa shape index (κ1) is 40.7. The van der Waals surface area contributed by atoms with Crippen molar-refractivity contribution in [3.05, 3.63) is 249 Å². The summed E-state index contributed by atoms with van der Waals surface area (Å²) in [5.41, 5.74) is 23.2. The first-order valence-electron chi connectivity index (χ1n) is 25.8. The maximum atomic E-state index is 7.71. The molecule has 17 rings (SSSR count). The van der Waals surface area contributed by atoms with Gasteiger partial charge >= 0.3 is 0 Å². The summed E-state index contributed by atoms with van der Waals surface area (Å²) in [4.78, 5) is 12.2. The molecule has 6 heterocycles. The Morgan fingerprint density at radius 1 is 0.293 bits per heavy atom. The van der Waals surface area contributed by atoms with Gasteiger partial charge in [0.15, 0.2) is 11.5 Å². The van der Waals surface area contributed by atoms with Crippen LogP contribution >= 0.6 is 0 Å². The number of hydrogen-bond donors (Lipinski definition) is 0. The molecule has 0 saturated heterocycles. The number of ether oxygens (including phenoxy) is 2. The van der Waals surface area contributed by atoms with Crippen LogP contribution in [0, 0.1) is 0 Å². The van der Waals surface area contributed by atoms with Gasteiger partial charge in [-0.2, -0.15) is 0 Å². The van der Waals surface area contributed by atoms with Crippen LogP contribution in [0.15, 0.2) is 249 Å². The van der Waals surface area contributed by atoms with Gasteiger partial charge < -0.3 is 34.0 Å². The molecule has 0 spiro atoms. The minimum atomic E-state index is -0.214. The van der Waals surface area contributed by atoms with E-state index in [1.54, 1.807) is 0 Å². The average Bonchev–Trinajstić information content (AvgIpc) is 3.57.